The van der Waals surface area contributed by atoms with Crippen molar-refractivity contribution in [3.05, 3.63) is 35.9 Å². The summed E-state index contributed by atoms with van der Waals surface area (Å²) in [6.07, 6.45) is -0.947. The molecule has 0 amide bonds. The van der Waals surface area contributed by atoms with Gasteiger partial charge < -0.3 is 9.84 Å². The van der Waals surface area contributed by atoms with Crippen molar-refractivity contribution in [2.75, 3.05) is 32.1 Å². The summed E-state index contributed by atoms with van der Waals surface area (Å²) >= 11 is 0. The van der Waals surface area contributed by atoms with Gasteiger partial charge in [-0.2, -0.15) is 0 Å². The molecule has 1 aliphatic rings. The minimum atomic E-state index is -3.32. The molecule has 0 saturated carbocycles. The van der Waals surface area contributed by atoms with E-state index in [2.05, 4.69) is 0 Å². The maximum absolute atomic E-state index is 12.0. The van der Waals surface area contributed by atoms with Crippen molar-refractivity contribution in [1.29, 1.82) is 0 Å². The summed E-state index contributed by atoms with van der Waals surface area (Å²) in [5.74, 6) is -0.267. The summed E-state index contributed by atoms with van der Waals surface area (Å²) in [6, 6.07) is 9.02. The van der Waals surface area contributed by atoms with Crippen LogP contribution in [0.4, 0.5) is 0 Å². The molecule has 1 aromatic rings. The van der Waals surface area contributed by atoms with Crippen LogP contribution in [0.3, 0.4) is 0 Å². The normalized spacial score (nSPS) is 19.2. The van der Waals surface area contributed by atoms with Gasteiger partial charge in [0.25, 0.3) is 0 Å². The molecule has 1 N–H and O–H groups in total. The Morgan fingerprint density at radius 1 is 1.21 bits per heavy atom. The predicted octanol–water partition coefficient (Wildman–Crippen LogP) is 0.252. The van der Waals surface area contributed by atoms with E-state index in [1.807, 2.05) is 18.2 Å². The number of hydrogen-bond donors (Lipinski definition) is 1. The van der Waals surface area contributed by atoms with E-state index < -0.39 is 16.1 Å². The van der Waals surface area contributed by atoms with E-state index in [1.165, 1.54) is 0 Å². The van der Waals surface area contributed by atoms with Crippen LogP contribution in [0.25, 0.3) is 0 Å². The summed E-state index contributed by atoms with van der Waals surface area (Å²) in [5, 5.41) is 9.98. The van der Waals surface area contributed by atoms with Gasteiger partial charge in [-0.05, 0) is 5.56 Å². The number of aliphatic hydroxyl groups is 1. The Morgan fingerprint density at radius 2 is 1.84 bits per heavy atom. The first-order chi connectivity index (χ1) is 9.07. The lowest BCUT2D eigenvalue weighted by Gasteiger charge is -2.30. The van der Waals surface area contributed by atoms with Gasteiger partial charge >= 0.3 is 0 Å². The van der Waals surface area contributed by atoms with Crippen LogP contribution in [-0.2, 0) is 20.3 Å². The van der Waals surface area contributed by atoms with Crippen molar-refractivity contribution in [3.8, 4) is 0 Å². The summed E-state index contributed by atoms with van der Waals surface area (Å²) in [6.45, 7) is 2.22. The van der Waals surface area contributed by atoms with Gasteiger partial charge in [0.1, 0.15) is 6.23 Å². The van der Waals surface area contributed by atoms with E-state index in [-0.39, 0.29) is 11.5 Å². The summed E-state index contributed by atoms with van der Waals surface area (Å²) < 4.78 is 29.2. The van der Waals surface area contributed by atoms with Crippen LogP contribution in [0.5, 0.6) is 0 Å². The lowest BCUT2D eigenvalue weighted by molar-refractivity contribution is -0.0474. The predicted molar refractivity (Wildman–Crippen MR) is 72.3 cm³/mol. The lowest BCUT2D eigenvalue weighted by Crippen LogP contribution is -2.46. The summed E-state index contributed by atoms with van der Waals surface area (Å²) in [5.41, 5.74) is 0.747. The number of benzene rings is 1. The van der Waals surface area contributed by atoms with Crippen molar-refractivity contribution >= 4 is 9.84 Å². The molecular weight excluding hydrogens is 266 g/mol. The van der Waals surface area contributed by atoms with Crippen LogP contribution in [0.2, 0.25) is 0 Å². The van der Waals surface area contributed by atoms with Crippen molar-refractivity contribution in [3.63, 3.8) is 0 Å². The molecule has 6 heteroatoms. The Balaban J connectivity index is 1.93. The molecule has 0 radical (unpaired) electrons. The Morgan fingerprint density at radius 3 is 2.47 bits per heavy atom. The van der Waals surface area contributed by atoms with Crippen molar-refractivity contribution in [2.45, 2.75) is 12.0 Å². The lowest BCUT2D eigenvalue weighted by atomic mass is 10.2. The fourth-order valence-corrected chi connectivity index (χ4v) is 3.58. The average molecular weight is 285 g/mol. The molecule has 1 unspecified atom stereocenters. The molecular formula is C13H19NO4S. The highest BCUT2D eigenvalue weighted by Gasteiger charge is 2.24. The van der Waals surface area contributed by atoms with Gasteiger partial charge in [-0.25, -0.2) is 8.42 Å². The maximum atomic E-state index is 12.0. The molecule has 1 saturated heterocycles. The molecule has 5 nitrogen and oxygen atoms in total. The van der Waals surface area contributed by atoms with E-state index in [0.717, 1.165) is 5.56 Å². The monoisotopic (exact) mass is 285 g/mol. The second kappa shape index (κ2) is 6.47. The highest BCUT2D eigenvalue weighted by Crippen LogP contribution is 2.10. The summed E-state index contributed by atoms with van der Waals surface area (Å²) in [4.78, 5) is 1.74. The van der Waals surface area contributed by atoms with Crippen molar-refractivity contribution < 1.29 is 18.3 Å². The Kier molecular flexibility index (Phi) is 4.93. The van der Waals surface area contributed by atoms with Crippen LogP contribution < -0.4 is 0 Å². The second-order valence-electron chi connectivity index (χ2n) is 4.67. The molecule has 1 heterocycles. The highest BCUT2D eigenvalue weighted by atomic mass is 32.2. The van der Waals surface area contributed by atoms with E-state index in [4.69, 9.17) is 4.74 Å². The van der Waals surface area contributed by atoms with Crippen LogP contribution in [-0.4, -0.2) is 56.7 Å². The van der Waals surface area contributed by atoms with Gasteiger partial charge in [-0.1, -0.05) is 30.3 Å². The SMILES string of the molecule is O=S(=O)(Cc1ccccc1)CC(O)N1CCOCC1. The average Bonchev–Trinajstić information content (AvgIpc) is 2.39. The molecule has 1 aromatic carbocycles. The molecule has 0 aromatic heterocycles. The van der Waals surface area contributed by atoms with Crippen LogP contribution in [0.15, 0.2) is 30.3 Å². The quantitative estimate of drug-likeness (QED) is 0.840. The molecule has 1 aliphatic heterocycles. The number of sulfone groups is 1. The molecule has 106 valence electrons. The number of rotatable bonds is 5. The Labute approximate surface area is 113 Å². The second-order valence-corrected chi connectivity index (χ2v) is 6.78. The van der Waals surface area contributed by atoms with Crippen molar-refractivity contribution in [2.24, 2.45) is 0 Å². The zero-order chi connectivity index (χ0) is 13.7. The first-order valence-corrected chi connectivity index (χ1v) is 8.13. The largest absolute Gasteiger partial charge is 0.379 e. The van der Waals surface area contributed by atoms with Crippen LogP contribution in [0, 0.1) is 0 Å². The van der Waals surface area contributed by atoms with Gasteiger partial charge in [0.2, 0.25) is 0 Å². The zero-order valence-corrected chi connectivity index (χ0v) is 11.6. The standard InChI is InChI=1S/C13H19NO4S/c15-13(14-6-8-18-9-7-14)11-19(16,17)10-12-4-2-1-3-5-12/h1-5,13,15H,6-11H2. The minimum absolute atomic E-state index is 0.0325. The number of nitrogens with zero attached hydrogens (tertiary/aromatic N) is 1. The van der Waals surface area contributed by atoms with Gasteiger partial charge in [-0.15, -0.1) is 0 Å². The van der Waals surface area contributed by atoms with E-state index in [9.17, 15) is 13.5 Å². The van der Waals surface area contributed by atoms with Gasteiger partial charge in [0, 0.05) is 13.1 Å². The maximum Gasteiger partial charge on any atom is 0.158 e. The Hall–Kier alpha value is -0.950. The number of ether oxygens (including phenoxy) is 1. The highest BCUT2D eigenvalue weighted by molar-refractivity contribution is 7.90. The number of aliphatic hydroxyl groups excluding tert-OH is 1. The van der Waals surface area contributed by atoms with Crippen LogP contribution in [0.1, 0.15) is 5.56 Å². The van der Waals surface area contributed by atoms with E-state index in [1.54, 1.807) is 17.0 Å². The van der Waals surface area contributed by atoms with Gasteiger partial charge in [0.05, 0.1) is 24.7 Å². The molecule has 1 atom stereocenters. The van der Waals surface area contributed by atoms with Gasteiger partial charge in [-0.3, -0.25) is 4.90 Å². The number of morpholine rings is 1. The first-order valence-electron chi connectivity index (χ1n) is 6.31. The molecule has 1 fully saturated rings. The molecule has 0 spiro atoms. The smallest absolute Gasteiger partial charge is 0.158 e. The third kappa shape index (κ3) is 4.58. The first kappa shape index (κ1) is 14.5. The van der Waals surface area contributed by atoms with Gasteiger partial charge in [0.15, 0.2) is 9.84 Å². The van der Waals surface area contributed by atoms with E-state index in [0.29, 0.717) is 26.3 Å². The fraction of sp³-hybridized carbons (Fsp3) is 0.538. The fourth-order valence-electron chi connectivity index (χ4n) is 2.10. The van der Waals surface area contributed by atoms with Crippen LogP contribution >= 0.6 is 0 Å². The minimum Gasteiger partial charge on any atom is -0.379 e. The van der Waals surface area contributed by atoms with E-state index >= 15 is 0 Å². The third-order valence-corrected chi connectivity index (χ3v) is 4.68. The number of hydrogen-bond acceptors (Lipinski definition) is 5. The molecule has 0 aliphatic carbocycles. The third-order valence-electron chi connectivity index (χ3n) is 3.10. The summed E-state index contributed by atoms with van der Waals surface area (Å²) in [7, 11) is -3.32. The topological polar surface area (TPSA) is 66.8 Å². The zero-order valence-electron chi connectivity index (χ0n) is 10.7. The molecule has 19 heavy (non-hydrogen) atoms. The van der Waals surface area contributed by atoms with Crippen molar-refractivity contribution in [1.82, 2.24) is 4.90 Å². The molecule has 2 rings (SSSR count). The molecule has 0 bridgehead atoms. The Bertz CT molecular complexity index is 483.